The van der Waals surface area contributed by atoms with Gasteiger partial charge in [-0.3, -0.25) is 9.59 Å². The molecule has 1 fully saturated rings. The number of carbonyl (C=O) groups excluding carboxylic acids is 2. The van der Waals surface area contributed by atoms with Crippen molar-refractivity contribution in [3.8, 4) is 6.07 Å². The Morgan fingerprint density at radius 3 is 2.88 bits per heavy atom. The molecule has 178 valence electrons. The summed E-state index contributed by atoms with van der Waals surface area (Å²) in [4.78, 5) is 27.4. The summed E-state index contributed by atoms with van der Waals surface area (Å²) in [5, 5.41) is 34.5. The molecule has 1 aliphatic carbocycles. The van der Waals surface area contributed by atoms with E-state index in [1.807, 2.05) is 13.0 Å². The van der Waals surface area contributed by atoms with Gasteiger partial charge in [0.05, 0.1) is 6.07 Å². The predicted octanol–water partition coefficient (Wildman–Crippen LogP) is 2.49. The molecular formula is C25H33N3O4S. The molecule has 1 unspecified atom stereocenters. The second-order valence-corrected chi connectivity index (χ2v) is 9.92. The Bertz CT molecular complexity index is 961. The average Bonchev–Trinajstić information content (AvgIpc) is 3.47. The first-order valence-corrected chi connectivity index (χ1v) is 12.5. The van der Waals surface area contributed by atoms with Gasteiger partial charge in [0, 0.05) is 29.6 Å². The number of nitrogens with one attached hydrogen (secondary N) is 1. The number of allylic oxidation sites excluding steroid dienone is 4. The highest BCUT2D eigenvalue weighted by Gasteiger charge is 2.37. The van der Waals surface area contributed by atoms with Crippen LogP contribution in [0.5, 0.6) is 0 Å². The predicted molar refractivity (Wildman–Crippen MR) is 127 cm³/mol. The van der Waals surface area contributed by atoms with Crippen LogP contribution in [0.4, 0.5) is 0 Å². The summed E-state index contributed by atoms with van der Waals surface area (Å²) >= 11 is 1.58. The van der Waals surface area contributed by atoms with E-state index < -0.39 is 24.0 Å². The Morgan fingerprint density at radius 1 is 1.36 bits per heavy atom. The van der Waals surface area contributed by atoms with Crippen LogP contribution in [0.3, 0.4) is 0 Å². The first-order chi connectivity index (χ1) is 15.8. The quantitative estimate of drug-likeness (QED) is 0.512. The highest BCUT2D eigenvalue weighted by molar-refractivity contribution is 7.10. The minimum atomic E-state index is -1.79. The number of nitriles is 1. The topological polar surface area (TPSA) is 114 Å². The number of aliphatic hydroxyl groups is 2. The van der Waals surface area contributed by atoms with Crippen molar-refractivity contribution < 1.29 is 19.8 Å². The van der Waals surface area contributed by atoms with Gasteiger partial charge in [0.1, 0.15) is 0 Å². The molecule has 3 rings (SSSR count). The Balaban J connectivity index is 1.47. The van der Waals surface area contributed by atoms with Crippen LogP contribution in [-0.4, -0.2) is 58.3 Å². The third kappa shape index (κ3) is 6.32. The van der Waals surface area contributed by atoms with Gasteiger partial charge in [0.25, 0.3) is 11.8 Å². The van der Waals surface area contributed by atoms with Crippen molar-refractivity contribution in [2.24, 2.45) is 5.92 Å². The van der Waals surface area contributed by atoms with Gasteiger partial charge in [-0.15, -0.1) is 11.3 Å². The van der Waals surface area contributed by atoms with E-state index in [0.717, 1.165) is 47.3 Å². The van der Waals surface area contributed by atoms with Gasteiger partial charge >= 0.3 is 0 Å². The second kappa shape index (κ2) is 11.6. The number of aliphatic hydroxyl groups excluding tert-OH is 2. The molecule has 0 radical (unpaired) electrons. The van der Waals surface area contributed by atoms with Crippen LogP contribution in [0, 0.1) is 17.2 Å². The molecule has 2 amide bonds. The fourth-order valence-electron chi connectivity index (χ4n) is 4.47. The van der Waals surface area contributed by atoms with Crippen molar-refractivity contribution in [3.63, 3.8) is 0 Å². The number of likely N-dealkylation sites (tertiary alicyclic amines) is 1. The van der Waals surface area contributed by atoms with Gasteiger partial charge in [-0.05, 0) is 67.0 Å². The minimum absolute atomic E-state index is 0.0583. The summed E-state index contributed by atoms with van der Waals surface area (Å²) in [6.45, 7) is 4.92. The van der Waals surface area contributed by atoms with Gasteiger partial charge in [-0.25, -0.2) is 0 Å². The first-order valence-electron chi connectivity index (χ1n) is 11.6. The van der Waals surface area contributed by atoms with E-state index in [1.54, 1.807) is 16.2 Å². The summed E-state index contributed by atoms with van der Waals surface area (Å²) in [6, 6.07) is 4.45. The minimum Gasteiger partial charge on any atom is -0.380 e. The maximum Gasteiger partial charge on any atom is 0.254 e. The van der Waals surface area contributed by atoms with Crippen LogP contribution in [0.1, 0.15) is 50.0 Å². The SMILES string of the molecule is CC[C@H]1CCCN1C(=O)[C@H](O)[C@@H](O)C(=O)NCCc1cc(CC2=C(C#N)CC(C)C=C2)cs1. The molecule has 0 saturated carbocycles. The van der Waals surface area contributed by atoms with Crippen LogP contribution >= 0.6 is 11.3 Å². The monoisotopic (exact) mass is 471 g/mol. The number of thiophene rings is 1. The zero-order chi connectivity index (χ0) is 24.0. The van der Waals surface area contributed by atoms with Crippen LogP contribution in [0.2, 0.25) is 0 Å². The van der Waals surface area contributed by atoms with E-state index in [1.165, 1.54) is 0 Å². The van der Waals surface area contributed by atoms with Gasteiger partial charge in [-0.1, -0.05) is 26.0 Å². The number of carbonyl (C=O) groups is 2. The number of rotatable bonds is 9. The fraction of sp³-hybridized carbons (Fsp3) is 0.560. The summed E-state index contributed by atoms with van der Waals surface area (Å²) in [7, 11) is 0. The Morgan fingerprint density at radius 2 is 2.15 bits per heavy atom. The Kier molecular flexibility index (Phi) is 8.84. The van der Waals surface area contributed by atoms with Crippen LogP contribution in [0.15, 0.2) is 34.7 Å². The van der Waals surface area contributed by atoms with E-state index in [2.05, 4.69) is 35.8 Å². The van der Waals surface area contributed by atoms with E-state index >= 15 is 0 Å². The standard InChI is InChI=1S/C25H33N3O4S/c1-3-20-5-4-10-28(20)25(32)23(30)22(29)24(31)27-9-8-21-13-17(15-33-21)12-18-7-6-16(2)11-19(18)14-26/h6-7,13,15-16,20,22-23,29-30H,3-5,8-12H2,1-2H3,(H,27,31)/t16?,20-,22+,23+/m0/s1. The van der Waals surface area contributed by atoms with Crippen molar-refractivity contribution in [2.75, 3.05) is 13.1 Å². The fourth-order valence-corrected chi connectivity index (χ4v) is 5.36. The van der Waals surface area contributed by atoms with Crippen molar-refractivity contribution in [1.29, 1.82) is 5.26 Å². The third-order valence-corrected chi connectivity index (χ3v) is 7.45. The van der Waals surface area contributed by atoms with Crippen LogP contribution in [-0.2, 0) is 22.4 Å². The molecule has 33 heavy (non-hydrogen) atoms. The maximum atomic E-state index is 12.5. The smallest absolute Gasteiger partial charge is 0.254 e. The Labute approximate surface area is 199 Å². The lowest BCUT2D eigenvalue weighted by atomic mass is 9.89. The molecule has 7 nitrogen and oxygen atoms in total. The van der Waals surface area contributed by atoms with E-state index in [4.69, 9.17) is 0 Å². The number of hydrogen-bond acceptors (Lipinski definition) is 6. The highest BCUT2D eigenvalue weighted by Crippen LogP contribution is 2.27. The number of nitrogens with zero attached hydrogens (tertiary/aromatic N) is 2. The third-order valence-electron chi connectivity index (χ3n) is 6.40. The van der Waals surface area contributed by atoms with Gasteiger partial charge in [0.2, 0.25) is 0 Å². The highest BCUT2D eigenvalue weighted by atomic mass is 32.1. The van der Waals surface area contributed by atoms with E-state index in [9.17, 15) is 25.1 Å². The van der Waals surface area contributed by atoms with E-state index in [-0.39, 0.29) is 6.04 Å². The number of amides is 2. The van der Waals surface area contributed by atoms with Gasteiger partial charge in [0.15, 0.2) is 12.2 Å². The summed E-state index contributed by atoms with van der Waals surface area (Å²) < 4.78 is 0. The van der Waals surface area contributed by atoms with Gasteiger partial charge < -0.3 is 20.4 Å². The van der Waals surface area contributed by atoms with Crippen LogP contribution in [0.25, 0.3) is 0 Å². The summed E-state index contributed by atoms with van der Waals surface area (Å²) in [5.74, 6) is -0.940. The molecular weight excluding hydrogens is 438 g/mol. The lowest BCUT2D eigenvalue weighted by Gasteiger charge is -2.27. The molecule has 3 N–H and O–H groups in total. The average molecular weight is 472 g/mol. The molecule has 1 aromatic heterocycles. The normalized spacial score (nSPS) is 22.2. The lowest BCUT2D eigenvalue weighted by Crippen LogP contribution is -2.52. The lowest BCUT2D eigenvalue weighted by molar-refractivity contribution is -0.153. The molecule has 4 atom stereocenters. The van der Waals surface area contributed by atoms with Crippen molar-refractivity contribution in [3.05, 3.63) is 45.2 Å². The van der Waals surface area contributed by atoms with Gasteiger partial charge in [-0.2, -0.15) is 5.26 Å². The molecule has 1 saturated heterocycles. The van der Waals surface area contributed by atoms with Crippen molar-refractivity contribution in [2.45, 2.75) is 70.6 Å². The summed E-state index contributed by atoms with van der Waals surface area (Å²) in [6.07, 6.45) is 5.24. The van der Waals surface area contributed by atoms with Crippen molar-refractivity contribution in [1.82, 2.24) is 10.2 Å². The maximum absolute atomic E-state index is 12.5. The molecule has 0 aromatic carbocycles. The zero-order valence-corrected chi connectivity index (χ0v) is 20.1. The summed E-state index contributed by atoms with van der Waals surface area (Å²) in [5.41, 5.74) is 3.02. The molecule has 2 aliphatic rings. The molecule has 2 heterocycles. The van der Waals surface area contributed by atoms with E-state index in [0.29, 0.717) is 31.8 Å². The molecule has 0 bridgehead atoms. The second-order valence-electron chi connectivity index (χ2n) is 8.92. The molecule has 1 aliphatic heterocycles. The largest absolute Gasteiger partial charge is 0.380 e. The molecule has 0 spiro atoms. The number of hydrogen-bond donors (Lipinski definition) is 3. The first kappa shape index (κ1) is 25.2. The molecule has 8 heteroatoms. The van der Waals surface area contributed by atoms with Crippen molar-refractivity contribution >= 4 is 23.2 Å². The zero-order valence-electron chi connectivity index (χ0n) is 19.3. The Hall–Kier alpha value is -2.47. The van der Waals surface area contributed by atoms with Crippen LogP contribution < -0.4 is 5.32 Å². The molecule has 1 aromatic rings.